The van der Waals surface area contributed by atoms with Crippen LogP contribution in [0.4, 0.5) is 17.1 Å². The molecule has 1 N–H and O–H groups in total. The Kier molecular flexibility index (Phi) is 3.30. The molecule has 0 fully saturated rings. The van der Waals surface area contributed by atoms with Gasteiger partial charge in [0, 0.05) is 16.0 Å². The van der Waals surface area contributed by atoms with Gasteiger partial charge in [0.1, 0.15) is 0 Å². The Morgan fingerprint density at radius 3 is 2.68 bits per heavy atom. The summed E-state index contributed by atoms with van der Waals surface area (Å²) in [6, 6.07) is 14.7. The molecule has 2 aromatic carbocycles. The quantitative estimate of drug-likeness (QED) is 0.642. The van der Waals surface area contributed by atoms with Crippen LogP contribution in [0.25, 0.3) is 0 Å². The van der Waals surface area contributed by atoms with Crippen molar-refractivity contribution in [1.29, 1.82) is 0 Å². The summed E-state index contributed by atoms with van der Waals surface area (Å²) in [6.45, 7) is 4.27. The van der Waals surface area contributed by atoms with Gasteiger partial charge < -0.3 is 5.32 Å². The molecule has 2 nitrogen and oxygen atoms in total. The molecule has 0 unspecified atom stereocenters. The highest BCUT2D eigenvalue weighted by molar-refractivity contribution is 7.99. The van der Waals surface area contributed by atoms with E-state index in [0.717, 1.165) is 11.4 Å². The number of aliphatic imine (C=N–C) groups is 1. The second-order valence-electron chi connectivity index (χ2n) is 4.93. The molecule has 0 aromatic heterocycles. The Morgan fingerprint density at radius 1 is 1.05 bits per heavy atom. The second kappa shape index (κ2) is 5.10. The monoisotopic (exact) mass is 268 g/mol. The smallest absolute Gasteiger partial charge is 0.0638 e. The number of hydrogen-bond donors (Lipinski definition) is 1. The van der Waals surface area contributed by atoms with Crippen LogP contribution in [-0.4, -0.2) is 6.21 Å². The number of benzene rings is 2. The van der Waals surface area contributed by atoms with Gasteiger partial charge in [0.05, 0.1) is 17.1 Å². The third kappa shape index (κ3) is 2.66. The van der Waals surface area contributed by atoms with Crippen molar-refractivity contribution >= 4 is 35.0 Å². The van der Waals surface area contributed by atoms with Crippen molar-refractivity contribution < 1.29 is 0 Å². The van der Waals surface area contributed by atoms with Gasteiger partial charge in [-0.25, -0.2) is 0 Å². The van der Waals surface area contributed by atoms with Crippen molar-refractivity contribution in [2.24, 2.45) is 10.9 Å². The van der Waals surface area contributed by atoms with Gasteiger partial charge in [0.25, 0.3) is 0 Å². The summed E-state index contributed by atoms with van der Waals surface area (Å²) in [4.78, 5) is 7.00. The normalized spacial score (nSPS) is 13.2. The van der Waals surface area contributed by atoms with E-state index in [4.69, 9.17) is 0 Å². The molecule has 0 radical (unpaired) electrons. The number of fused-ring (bicyclic) bond motifs is 2. The average molecular weight is 268 g/mol. The van der Waals surface area contributed by atoms with E-state index in [1.807, 2.05) is 6.21 Å². The van der Waals surface area contributed by atoms with E-state index in [-0.39, 0.29) is 0 Å². The summed E-state index contributed by atoms with van der Waals surface area (Å²) in [5.74, 6) is 0.475. The van der Waals surface area contributed by atoms with E-state index in [0.29, 0.717) is 5.92 Å². The summed E-state index contributed by atoms with van der Waals surface area (Å²) in [6.07, 6.45) is 1.98. The topological polar surface area (TPSA) is 24.4 Å². The van der Waals surface area contributed by atoms with Crippen LogP contribution < -0.4 is 5.32 Å². The van der Waals surface area contributed by atoms with Crippen molar-refractivity contribution in [3.8, 4) is 0 Å². The van der Waals surface area contributed by atoms with Gasteiger partial charge in [0.2, 0.25) is 0 Å². The van der Waals surface area contributed by atoms with Gasteiger partial charge in [0.15, 0.2) is 0 Å². The number of hydrogen-bond acceptors (Lipinski definition) is 3. The molecule has 3 rings (SSSR count). The van der Waals surface area contributed by atoms with Gasteiger partial charge in [-0.05, 0) is 36.2 Å². The second-order valence-corrected chi connectivity index (χ2v) is 6.01. The van der Waals surface area contributed by atoms with Crippen molar-refractivity contribution in [3.05, 3.63) is 42.5 Å². The van der Waals surface area contributed by atoms with Crippen molar-refractivity contribution in [2.45, 2.75) is 23.6 Å². The zero-order chi connectivity index (χ0) is 13.2. The minimum absolute atomic E-state index is 0.475. The lowest BCUT2D eigenvalue weighted by Gasteiger charge is -2.20. The van der Waals surface area contributed by atoms with Crippen LogP contribution in [0.5, 0.6) is 0 Å². The summed E-state index contributed by atoms with van der Waals surface area (Å²) >= 11 is 1.79. The standard InChI is InChI=1S/C16H16N2S/c1-11(2)10-17-12-7-8-14-16(9-12)19-15-6-4-3-5-13(15)18-14/h3-11,18H,1-2H3/b17-10+. The third-order valence-corrected chi connectivity index (χ3v) is 4.00. The van der Waals surface area contributed by atoms with Crippen LogP contribution in [0.15, 0.2) is 57.2 Å². The summed E-state index contributed by atoms with van der Waals surface area (Å²) in [5, 5.41) is 3.46. The molecule has 2 aromatic rings. The van der Waals surface area contributed by atoms with E-state index >= 15 is 0 Å². The lowest BCUT2D eigenvalue weighted by molar-refractivity contribution is 0.907. The van der Waals surface area contributed by atoms with Crippen LogP contribution in [0.2, 0.25) is 0 Å². The van der Waals surface area contributed by atoms with Crippen LogP contribution in [0.3, 0.4) is 0 Å². The minimum atomic E-state index is 0.475. The van der Waals surface area contributed by atoms with Gasteiger partial charge in [-0.15, -0.1) is 0 Å². The van der Waals surface area contributed by atoms with Gasteiger partial charge in [-0.1, -0.05) is 37.7 Å². The maximum absolute atomic E-state index is 4.50. The van der Waals surface area contributed by atoms with Crippen molar-refractivity contribution in [1.82, 2.24) is 0 Å². The maximum atomic E-state index is 4.50. The lowest BCUT2D eigenvalue weighted by Crippen LogP contribution is -1.98. The molecule has 1 heterocycles. The molecular formula is C16H16N2S. The average Bonchev–Trinajstić information content (AvgIpc) is 2.42. The molecule has 0 saturated heterocycles. The first kappa shape index (κ1) is 12.3. The first-order valence-corrected chi connectivity index (χ1v) is 7.26. The van der Waals surface area contributed by atoms with Crippen LogP contribution >= 0.6 is 11.8 Å². The fourth-order valence-electron chi connectivity index (χ4n) is 1.94. The van der Waals surface area contributed by atoms with E-state index in [2.05, 4.69) is 66.6 Å². The Bertz CT molecular complexity index is 632. The van der Waals surface area contributed by atoms with Crippen LogP contribution in [-0.2, 0) is 0 Å². The molecule has 1 aliphatic rings. The zero-order valence-electron chi connectivity index (χ0n) is 11.1. The highest BCUT2D eigenvalue weighted by Crippen LogP contribution is 2.45. The highest BCUT2D eigenvalue weighted by atomic mass is 32.2. The number of nitrogens with zero attached hydrogens (tertiary/aromatic N) is 1. The maximum Gasteiger partial charge on any atom is 0.0638 e. The molecule has 96 valence electrons. The first-order valence-electron chi connectivity index (χ1n) is 6.44. The largest absolute Gasteiger partial charge is 0.354 e. The Morgan fingerprint density at radius 2 is 1.84 bits per heavy atom. The molecule has 1 aliphatic heterocycles. The van der Waals surface area contributed by atoms with E-state index in [1.54, 1.807) is 11.8 Å². The van der Waals surface area contributed by atoms with E-state index < -0.39 is 0 Å². The minimum Gasteiger partial charge on any atom is -0.354 e. The first-order chi connectivity index (χ1) is 9.22. The SMILES string of the molecule is CC(C)/C=N/c1ccc2c(c1)Sc1ccccc1N2. The molecule has 19 heavy (non-hydrogen) atoms. The van der Waals surface area contributed by atoms with Gasteiger partial charge >= 0.3 is 0 Å². The summed E-state index contributed by atoms with van der Waals surface area (Å²) < 4.78 is 0. The van der Waals surface area contributed by atoms with Crippen LogP contribution in [0, 0.1) is 5.92 Å². The predicted molar refractivity (Wildman–Crippen MR) is 83.3 cm³/mol. The Hall–Kier alpha value is -1.74. The number of anilines is 2. The fraction of sp³-hybridized carbons (Fsp3) is 0.188. The lowest BCUT2D eigenvalue weighted by atomic mass is 10.2. The molecular weight excluding hydrogens is 252 g/mol. The van der Waals surface area contributed by atoms with Crippen molar-refractivity contribution in [2.75, 3.05) is 5.32 Å². The van der Waals surface area contributed by atoms with Crippen molar-refractivity contribution in [3.63, 3.8) is 0 Å². The summed E-state index contributed by atoms with van der Waals surface area (Å²) in [7, 11) is 0. The van der Waals surface area contributed by atoms with Gasteiger partial charge in [-0.2, -0.15) is 0 Å². The molecule has 0 spiro atoms. The Labute approximate surface area is 118 Å². The number of nitrogens with one attached hydrogen (secondary N) is 1. The molecule has 3 heteroatoms. The summed E-state index contributed by atoms with van der Waals surface area (Å²) in [5.41, 5.74) is 3.35. The van der Waals surface area contributed by atoms with E-state index in [9.17, 15) is 0 Å². The molecule has 0 amide bonds. The Balaban J connectivity index is 1.92. The zero-order valence-corrected chi connectivity index (χ0v) is 11.9. The molecule has 0 saturated carbocycles. The number of para-hydroxylation sites is 1. The third-order valence-electron chi connectivity index (χ3n) is 2.86. The molecule has 0 bridgehead atoms. The predicted octanol–water partition coefficient (Wildman–Crippen LogP) is 5.25. The fourth-order valence-corrected chi connectivity index (χ4v) is 2.96. The van der Waals surface area contributed by atoms with Gasteiger partial charge in [-0.3, -0.25) is 4.99 Å². The molecule has 0 aliphatic carbocycles. The number of rotatable bonds is 2. The van der Waals surface area contributed by atoms with E-state index in [1.165, 1.54) is 15.5 Å². The molecule has 0 atom stereocenters. The van der Waals surface area contributed by atoms with Crippen LogP contribution in [0.1, 0.15) is 13.8 Å². The highest BCUT2D eigenvalue weighted by Gasteiger charge is 2.14.